The first kappa shape index (κ1) is 17.0. The van der Waals surface area contributed by atoms with E-state index in [0.29, 0.717) is 12.2 Å². The van der Waals surface area contributed by atoms with E-state index in [2.05, 4.69) is 40.7 Å². The number of carbonyl (C=O) groups excluding carboxylic acids is 1. The molecule has 0 bridgehead atoms. The third-order valence-corrected chi connectivity index (χ3v) is 4.90. The molecule has 1 aliphatic heterocycles. The van der Waals surface area contributed by atoms with Crippen molar-refractivity contribution in [1.82, 2.24) is 20.8 Å². The number of nitrogens with one attached hydrogen (secondary N) is 3. The molecule has 0 fully saturated rings. The Hall–Kier alpha value is -1.37. The first-order chi connectivity index (χ1) is 10.1. The first-order valence-corrected chi connectivity index (χ1v) is 8.02. The number of aromatic amines is 1. The standard InChI is InChI=1S/C15H20N4OS.ClH/c1-8-6-11(10(3)21-8)9(2)17-15(20)14-12-7-16-5-4-13(12)18-19-14;/h6,9,16H,4-5,7H2,1-3H3,(H,17,20)(H,18,19);1H. The molecule has 7 heteroatoms. The zero-order valence-corrected chi connectivity index (χ0v) is 14.6. The highest BCUT2D eigenvalue weighted by Gasteiger charge is 2.23. The van der Waals surface area contributed by atoms with E-state index >= 15 is 0 Å². The number of hydrogen-bond donors (Lipinski definition) is 3. The predicted octanol–water partition coefficient (Wildman–Crippen LogP) is 2.65. The molecule has 0 spiro atoms. The second kappa shape index (κ2) is 6.81. The third-order valence-electron chi connectivity index (χ3n) is 3.91. The lowest BCUT2D eigenvalue weighted by Crippen LogP contribution is -2.30. The van der Waals surface area contributed by atoms with Crippen LogP contribution in [0.25, 0.3) is 0 Å². The largest absolute Gasteiger partial charge is 0.344 e. The number of carbonyl (C=O) groups is 1. The van der Waals surface area contributed by atoms with E-state index in [9.17, 15) is 4.79 Å². The van der Waals surface area contributed by atoms with Gasteiger partial charge in [-0.2, -0.15) is 5.10 Å². The van der Waals surface area contributed by atoms with Gasteiger partial charge in [0.15, 0.2) is 5.69 Å². The van der Waals surface area contributed by atoms with Gasteiger partial charge in [-0.1, -0.05) is 0 Å². The zero-order chi connectivity index (χ0) is 15.0. The number of amides is 1. The predicted molar refractivity (Wildman–Crippen MR) is 90.9 cm³/mol. The van der Waals surface area contributed by atoms with E-state index < -0.39 is 0 Å². The summed E-state index contributed by atoms with van der Waals surface area (Å²) in [5.74, 6) is -0.105. The van der Waals surface area contributed by atoms with Crippen LogP contribution >= 0.6 is 23.7 Å². The second-order valence-corrected chi connectivity index (χ2v) is 6.98. The smallest absolute Gasteiger partial charge is 0.272 e. The number of H-pyrrole nitrogens is 1. The van der Waals surface area contributed by atoms with Crippen molar-refractivity contribution in [2.24, 2.45) is 0 Å². The summed E-state index contributed by atoms with van der Waals surface area (Å²) in [6.07, 6.45) is 0.897. The Balaban J connectivity index is 0.00000176. The molecule has 0 radical (unpaired) electrons. The molecule has 1 atom stereocenters. The molecule has 120 valence electrons. The monoisotopic (exact) mass is 340 g/mol. The summed E-state index contributed by atoms with van der Waals surface area (Å²) in [5, 5.41) is 13.5. The van der Waals surface area contributed by atoms with Crippen LogP contribution in [0.1, 0.15) is 50.0 Å². The number of fused-ring (bicyclic) bond motifs is 1. The van der Waals surface area contributed by atoms with E-state index in [1.807, 2.05) is 6.92 Å². The van der Waals surface area contributed by atoms with E-state index in [-0.39, 0.29) is 24.4 Å². The molecule has 22 heavy (non-hydrogen) atoms. The lowest BCUT2D eigenvalue weighted by Gasteiger charge is -2.15. The Morgan fingerprint density at radius 2 is 2.23 bits per heavy atom. The summed E-state index contributed by atoms with van der Waals surface area (Å²) < 4.78 is 0. The molecule has 3 N–H and O–H groups in total. The van der Waals surface area contributed by atoms with Crippen LogP contribution in [0, 0.1) is 13.8 Å². The molecule has 0 saturated heterocycles. The average molecular weight is 341 g/mol. The second-order valence-electron chi connectivity index (χ2n) is 5.52. The van der Waals surface area contributed by atoms with E-state index in [1.165, 1.54) is 15.3 Å². The topological polar surface area (TPSA) is 69.8 Å². The van der Waals surface area contributed by atoms with Gasteiger partial charge in [-0.05, 0) is 32.4 Å². The number of hydrogen-bond acceptors (Lipinski definition) is 4. The van der Waals surface area contributed by atoms with Crippen molar-refractivity contribution in [2.45, 2.75) is 39.8 Å². The van der Waals surface area contributed by atoms with E-state index in [4.69, 9.17) is 0 Å². The highest BCUT2D eigenvalue weighted by molar-refractivity contribution is 7.12. The van der Waals surface area contributed by atoms with Crippen LogP contribution in [0.5, 0.6) is 0 Å². The fourth-order valence-electron chi connectivity index (χ4n) is 2.84. The van der Waals surface area contributed by atoms with Gasteiger partial charge in [0.25, 0.3) is 5.91 Å². The summed E-state index contributed by atoms with van der Waals surface area (Å²) in [5.41, 5.74) is 3.79. The molecule has 0 aliphatic carbocycles. The zero-order valence-electron chi connectivity index (χ0n) is 12.9. The van der Waals surface area contributed by atoms with Crippen molar-refractivity contribution in [2.75, 3.05) is 6.54 Å². The number of halogens is 1. The van der Waals surface area contributed by atoms with Crippen molar-refractivity contribution in [3.8, 4) is 0 Å². The van der Waals surface area contributed by atoms with Crippen molar-refractivity contribution in [3.05, 3.63) is 38.3 Å². The molecule has 1 unspecified atom stereocenters. The minimum absolute atomic E-state index is 0. The number of thiophene rings is 1. The minimum atomic E-state index is -0.105. The lowest BCUT2D eigenvalue weighted by molar-refractivity contribution is 0.0933. The van der Waals surface area contributed by atoms with Crippen LogP contribution < -0.4 is 10.6 Å². The Morgan fingerprint density at radius 3 is 2.91 bits per heavy atom. The van der Waals surface area contributed by atoms with Crippen LogP contribution in [0.15, 0.2) is 6.07 Å². The van der Waals surface area contributed by atoms with Gasteiger partial charge in [-0.25, -0.2) is 0 Å². The minimum Gasteiger partial charge on any atom is -0.344 e. The Bertz CT molecular complexity index is 679. The summed E-state index contributed by atoms with van der Waals surface area (Å²) in [4.78, 5) is 15.0. The summed E-state index contributed by atoms with van der Waals surface area (Å²) in [6, 6.07) is 2.14. The average Bonchev–Trinajstić information content (AvgIpc) is 3.01. The van der Waals surface area contributed by atoms with Gasteiger partial charge in [0.05, 0.1) is 6.04 Å². The van der Waals surface area contributed by atoms with Crippen molar-refractivity contribution in [3.63, 3.8) is 0 Å². The van der Waals surface area contributed by atoms with Gasteiger partial charge >= 0.3 is 0 Å². The SMILES string of the molecule is Cc1cc(C(C)NC(=O)c2n[nH]c3c2CNCC3)c(C)s1.Cl. The van der Waals surface area contributed by atoms with Gasteiger partial charge in [0.2, 0.25) is 0 Å². The maximum absolute atomic E-state index is 12.5. The van der Waals surface area contributed by atoms with Crippen molar-refractivity contribution in [1.29, 1.82) is 0 Å². The van der Waals surface area contributed by atoms with Crippen LogP contribution in [0.3, 0.4) is 0 Å². The molecule has 1 amide bonds. The van der Waals surface area contributed by atoms with E-state index in [0.717, 1.165) is 24.2 Å². The lowest BCUT2D eigenvalue weighted by atomic mass is 10.1. The van der Waals surface area contributed by atoms with Gasteiger partial charge in [0, 0.05) is 40.5 Å². The number of rotatable bonds is 3. The third kappa shape index (κ3) is 3.19. The molecule has 2 aromatic rings. The Labute approximate surface area is 140 Å². The van der Waals surface area contributed by atoms with E-state index in [1.54, 1.807) is 11.3 Å². The molecule has 3 rings (SSSR count). The van der Waals surface area contributed by atoms with Crippen molar-refractivity contribution < 1.29 is 4.79 Å². The fraction of sp³-hybridized carbons (Fsp3) is 0.467. The Morgan fingerprint density at radius 1 is 1.45 bits per heavy atom. The number of aromatic nitrogens is 2. The molecular formula is C15H21ClN4OS. The quantitative estimate of drug-likeness (QED) is 0.804. The molecule has 2 aromatic heterocycles. The molecule has 0 aromatic carbocycles. The van der Waals surface area contributed by atoms with Crippen LogP contribution in [0.4, 0.5) is 0 Å². The maximum atomic E-state index is 12.5. The molecule has 3 heterocycles. The van der Waals surface area contributed by atoms with Crippen LogP contribution in [-0.4, -0.2) is 22.6 Å². The summed E-state index contributed by atoms with van der Waals surface area (Å²) in [6.45, 7) is 7.84. The number of nitrogens with zero attached hydrogens (tertiary/aromatic N) is 1. The summed E-state index contributed by atoms with van der Waals surface area (Å²) in [7, 11) is 0. The highest BCUT2D eigenvalue weighted by Crippen LogP contribution is 2.26. The number of aryl methyl sites for hydroxylation is 2. The molecule has 5 nitrogen and oxygen atoms in total. The molecular weight excluding hydrogens is 320 g/mol. The van der Waals surface area contributed by atoms with Crippen LogP contribution in [0.2, 0.25) is 0 Å². The van der Waals surface area contributed by atoms with Gasteiger partial charge in [-0.3, -0.25) is 9.89 Å². The Kier molecular flexibility index (Phi) is 5.26. The van der Waals surface area contributed by atoms with Crippen LogP contribution in [-0.2, 0) is 13.0 Å². The fourth-order valence-corrected chi connectivity index (χ4v) is 3.86. The maximum Gasteiger partial charge on any atom is 0.272 e. The van der Waals surface area contributed by atoms with Gasteiger partial charge in [0.1, 0.15) is 0 Å². The molecule has 0 saturated carbocycles. The highest BCUT2D eigenvalue weighted by atomic mass is 35.5. The van der Waals surface area contributed by atoms with Gasteiger partial charge < -0.3 is 10.6 Å². The van der Waals surface area contributed by atoms with Gasteiger partial charge in [-0.15, -0.1) is 23.7 Å². The van der Waals surface area contributed by atoms with Crippen molar-refractivity contribution >= 4 is 29.7 Å². The normalized spacial score (nSPS) is 14.9. The first-order valence-electron chi connectivity index (χ1n) is 7.21. The molecule has 1 aliphatic rings. The summed E-state index contributed by atoms with van der Waals surface area (Å²) >= 11 is 1.76.